The first kappa shape index (κ1) is 26.9. The summed E-state index contributed by atoms with van der Waals surface area (Å²) in [5.41, 5.74) is 5.58. The van der Waals surface area contributed by atoms with E-state index in [0.29, 0.717) is 5.92 Å². The van der Waals surface area contributed by atoms with Crippen LogP contribution in [-0.2, 0) is 18.4 Å². The number of nitrogens with zero attached hydrogens (tertiary/aromatic N) is 5. The van der Waals surface area contributed by atoms with Gasteiger partial charge in [0.25, 0.3) is 0 Å². The fourth-order valence-electron chi connectivity index (χ4n) is 7.39. The number of aromatic nitrogens is 2. The van der Waals surface area contributed by atoms with Crippen LogP contribution in [0.1, 0.15) is 30.1 Å². The molecule has 3 aliphatic rings. The molecule has 7 nitrogen and oxygen atoms in total. The number of phenols is 1. The van der Waals surface area contributed by atoms with Crippen molar-refractivity contribution in [3.63, 3.8) is 0 Å². The lowest BCUT2D eigenvalue weighted by Gasteiger charge is -2.58. The predicted molar refractivity (Wildman–Crippen MR) is 167 cm³/mol. The van der Waals surface area contributed by atoms with E-state index >= 15 is 0 Å². The topological polar surface area (TPSA) is 64.8 Å². The van der Waals surface area contributed by atoms with Crippen LogP contribution < -0.4 is 0 Å². The highest BCUT2D eigenvalue weighted by molar-refractivity contribution is 6.00. The lowest BCUT2D eigenvalue weighted by atomic mass is 9.57. The van der Waals surface area contributed by atoms with Gasteiger partial charge < -0.3 is 19.5 Å². The summed E-state index contributed by atoms with van der Waals surface area (Å²) in [4.78, 5) is 24.2. The van der Waals surface area contributed by atoms with Crippen LogP contribution in [-0.4, -0.2) is 81.6 Å². The van der Waals surface area contributed by atoms with Gasteiger partial charge in [-0.1, -0.05) is 55.1 Å². The van der Waals surface area contributed by atoms with Gasteiger partial charge in [-0.05, 0) is 54.4 Å². The molecule has 3 aromatic carbocycles. The van der Waals surface area contributed by atoms with Crippen LogP contribution in [0.3, 0.4) is 0 Å². The summed E-state index contributed by atoms with van der Waals surface area (Å²) in [6.07, 6.45) is 3.47. The van der Waals surface area contributed by atoms with Crippen molar-refractivity contribution in [1.82, 2.24) is 24.3 Å². The van der Waals surface area contributed by atoms with Crippen LogP contribution >= 0.6 is 0 Å². The van der Waals surface area contributed by atoms with E-state index in [1.54, 1.807) is 0 Å². The molecule has 1 spiro atoms. The van der Waals surface area contributed by atoms with E-state index in [9.17, 15) is 9.90 Å². The number of carbonyl (C=O) groups excluding carboxylic acids is 1. The van der Waals surface area contributed by atoms with Gasteiger partial charge in [0.05, 0.1) is 11.4 Å². The van der Waals surface area contributed by atoms with Gasteiger partial charge in [-0.25, -0.2) is 4.98 Å². The zero-order valence-electron chi connectivity index (χ0n) is 24.6. The quantitative estimate of drug-likeness (QED) is 0.326. The largest absolute Gasteiger partial charge is 0.508 e. The summed E-state index contributed by atoms with van der Waals surface area (Å²) in [5.74, 6) is 1.69. The van der Waals surface area contributed by atoms with Crippen LogP contribution in [0.5, 0.6) is 5.75 Å². The molecule has 7 rings (SSSR count). The number of piperazine rings is 1. The standard InChI is InChI=1S/C35H39N5O2/c1-4-31(42)40-22-35(23-40)19-27(20-35)34-36-32(25-11-9-24(10-12-25)21-39-15-13-37(2)14-16-39)33(38(34)3)30-18-28(41)17-26-7-5-6-8-29(26)30/h4-12,17-18,27,41H,1,13-16,19-23H2,2-3H3. The van der Waals surface area contributed by atoms with Crippen molar-refractivity contribution in [2.24, 2.45) is 12.5 Å². The number of hydrogen-bond acceptors (Lipinski definition) is 5. The van der Waals surface area contributed by atoms with Gasteiger partial charge in [0.1, 0.15) is 11.6 Å². The second-order valence-corrected chi connectivity index (χ2v) is 12.7. The molecule has 1 aromatic heterocycles. The summed E-state index contributed by atoms with van der Waals surface area (Å²) in [5, 5.41) is 12.8. The zero-order valence-corrected chi connectivity index (χ0v) is 24.6. The summed E-state index contributed by atoms with van der Waals surface area (Å²) >= 11 is 0. The summed E-state index contributed by atoms with van der Waals surface area (Å²) in [7, 11) is 4.30. The molecule has 0 bridgehead atoms. The number of phenolic OH excluding ortho intramolecular Hbond substituents is 1. The van der Waals surface area contributed by atoms with Crippen molar-refractivity contribution in [2.45, 2.75) is 25.3 Å². The van der Waals surface area contributed by atoms with Crippen molar-refractivity contribution < 1.29 is 9.90 Å². The second-order valence-electron chi connectivity index (χ2n) is 12.7. The van der Waals surface area contributed by atoms with E-state index in [4.69, 9.17) is 4.98 Å². The van der Waals surface area contributed by atoms with Gasteiger partial charge in [-0.2, -0.15) is 0 Å². The van der Waals surface area contributed by atoms with Gasteiger partial charge in [0.2, 0.25) is 5.91 Å². The average Bonchev–Trinajstić information content (AvgIpc) is 3.28. The molecule has 2 saturated heterocycles. The van der Waals surface area contributed by atoms with Gasteiger partial charge in [0, 0.05) is 75.3 Å². The molecule has 3 heterocycles. The third kappa shape index (κ3) is 4.71. The maximum absolute atomic E-state index is 12.0. The Morgan fingerprint density at radius 2 is 1.74 bits per heavy atom. The lowest BCUT2D eigenvalue weighted by molar-refractivity contribution is -0.146. The Hall–Kier alpha value is -3.94. The first-order chi connectivity index (χ1) is 20.3. The number of imidazole rings is 1. The van der Waals surface area contributed by atoms with Crippen molar-refractivity contribution in [2.75, 3.05) is 46.3 Å². The highest BCUT2D eigenvalue weighted by Crippen LogP contribution is 2.56. The van der Waals surface area contributed by atoms with Crippen molar-refractivity contribution in [3.8, 4) is 28.3 Å². The van der Waals surface area contributed by atoms with E-state index in [0.717, 1.165) is 97.8 Å². The van der Waals surface area contributed by atoms with Crippen molar-refractivity contribution >= 4 is 16.7 Å². The third-order valence-electron chi connectivity index (χ3n) is 9.72. The van der Waals surface area contributed by atoms with Crippen LogP contribution in [0, 0.1) is 5.41 Å². The number of fused-ring (bicyclic) bond motifs is 1. The molecule has 7 heteroatoms. The molecule has 3 fully saturated rings. The van der Waals surface area contributed by atoms with Gasteiger partial charge in [-0.15, -0.1) is 0 Å². The van der Waals surface area contributed by atoms with E-state index < -0.39 is 0 Å². The fourth-order valence-corrected chi connectivity index (χ4v) is 7.39. The summed E-state index contributed by atoms with van der Waals surface area (Å²) in [6, 6.07) is 20.8. The second kappa shape index (κ2) is 10.4. The van der Waals surface area contributed by atoms with Crippen LogP contribution in [0.25, 0.3) is 33.3 Å². The Bertz CT molecular complexity index is 1650. The third-order valence-corrected chi connectivity index (χ3v) is 9.72. The number of likely N-dealkylation sites (tertiary alicyclic amines) is 1. The molecule has 216 valence electrons. The van der Waals surface area contributed by atoms with E-state index in [2.05, 4.69) is 71.4 Å². The molecule has 0 unspecified atom stereocenters. The molecule has 0 atom stereocenters. The number of benzene rings is 3. The molecule has 1 N–H and O–H groups in total. The highest BCUT2D eigenvalue weighted by atomic mass is 16.3. The number of aromatic hydroxyl groups is 1. The molecule has 2 aliphatic heterocycles. The van der Waals surface area contributed by atoms with Gasteiger partial charge in [0.15, 0.2) is 0 Å². The first-order valence-electron chi connectivity index (χ1n) is 15.0. The normalized spacial score (nSPS) is 19.1. The Morgan fingerprint density at radius 3 is 2.45 bits per heavy atom. The molecule has 42 heavy (non-hydrogen) atoms. The SMILES string of the molecule is C=CC(=O)N1CC2(CC(c3nc(-c4ccc(CN5CCN(C)CC5)cc4)c(-c4cc(O)cc5ccccc45)n3C)C2)C1. The molecular weight excluding hydrogens is 522 g/mol. The zero-order chi connectivity index (χ0) is 29.0. The monoisotopic (exact) mass is 561 g/mol. The van der Waals surface area contributed by atoms with Crippen LogP contribution in [0.2, 0.25) is 0 Å². The van der Waals surface area contributed by atoms with E-state index in [-0.39, 0.29) is 17.1 Å². The average molecular weight is 562 g/mol. The number of amides is 1. The maximum Gasteiger partial charge on any atom is 0.245 e. The van der Waals surface area contributed by atoms with Crippen molar-refractivity contribution in [1.29, 1.82) is 0 Å². The predicted octanol–water partition coefficient (Wildman–Crippen LogP) is 5.25. The van der Waals surface area contributed by atoms with Gasteiger partial charge in [-0.3, -0.25) is 9.69 Å². The Labute approximate surface area is 247 Å². The fraction of sp³-hybridized carbons (Fsp3) is 0.371. The number of rotatable bonds is 6. The smallest absolute Gasteiger partial charge is 0.245 e. The molecule has 4 aromatic rings. The summed E-state index contributed by atoms with van der Waals surface area (Å²) < 4.78 is 2.25. The molecule has 1 amide bonds. The molecular formula is C35H39N5O2. The van der Waals surface area contributed by atoms with Crippen molar-refractivity contribution in [3.05, 3.63) is 84.7 Å². The first-order valence-corrected chi connectivity index (χ1v) is 15.0. The summed E-state index contributed by atoms with van der Waals surface area (Å²) in [6.45, 7) is 10.6. The van der Waals surface area contributed by atoms with Gasteiger partial charge >= 0.3 is 0 Å². The minimum absolute atomic E-state index is 0.0254. The minimum atomic E-state index is 0.0254. The van der Waals surface area contributed by atoms with E-state index in [1.165, 1.54) is 11.6 Å². The number of carbonyl (C=O) groups is 1. The molecule has 0 radical (unpaired) electrons. The Kier molecular flexibility index (Phi) is 6.67. The van der Waals surface area contributed by atoms with Crippen LogP contribution in [0.15, 0.2) is 73.3 Å². The molecule has 1 saturated carbocycles. The Morgan fingerprint density at radius 1 is 1.02 bits per heavy atom. The number of likely N-dealkylation sites (N-methyl/N-ethyl adjacent to an activating group) is 1. The lowest BCUT2D eigenvalue weighted by Crippen LogP contribution is -2.63. The number of hydrogen-bond donors (Lipinski definition) is 1. The molecule has 1 aliphatic carbocycles. The highest BCUT2D eigenvalue weighted by Gasteiger charge is 2.54. The minimum Gasteiger partial charge on any atom is -0.508 e. The van der Waals surface area contributed by atoms with Crippen LogP contribution in [0.4, 0.5) is 0 Å². The Balaban J connectivity index is 1.23. The van der Waals surface area contributed by atoms with E-state index in [1.807, 2.05) is 29.2 Å². The maximum atomic E-state index is 12.0.